The van der Waals surface area contributed by atoms with E-state index in [0.717, 1.165) is 12.5 Å². The van der Waals surface area contributed by atoms with Crippen molar-refractivity contribution in [2.45, 2.75) is 45.6 Å². The second-order valence-electron chi connectivity index (χ2n) is 5.25. The molecule has 18 heavy (non-hydrogen) atoms. The summed E-state index contributed by atoms with van der Waals surface area (Å²) < 4.78 is 5.04. The molecule has 0 heterocycles. The van der Waals surface area contributed by atoms with E-state index in [4.69, 9.17) is 10.5 Å². The third-order valence-electron chi connectivity index (χ3n) is 3.60. The second kappa shape index (κ2) is 9.83. The average molecular weight is 369 g/mol. The summed E-state index contributed by atoms with van der Waals surface area (Å²) in [4.78, 5) is 4.45. The van der Waals surface area contributed by atoms with Crippen LogP contribution >= 0.6 is 24.0 Å². The number of ether oxygens (including phenoxy) is 1. The van der Waals surface area contributed by atoms with Gasteiger partial charge in [0.2, 0.25) is 0 Å². The van der Waals surface area contributed by atoms with Crippen LogP contribution in [0, 0.1) is 11.8 Å². The number of hydrogen-bond acceptors (Lipinski definition) is 2. The minimum atomic E-state index is 0. The Hall–Kier alpha value is -0.0400. The molecule has 1 fully saturated rings. The number of methoxy groups -OCH3 is 1. The first-order valence-corrected chi connectivity index (χ1v) is 6.69. The lowest BCUT2D eigenvalue weighted by Crippen LogP contribution is -2.41. The Morgan fingerprint density at radius 2 is 2.11 bits per heavy atom. The smallest absolute Gasteiger partial charge is 0.188 e. The first-order valence-electron chi connectivity index (χ1n) is 6.69. The summed E-state index contributed by atoms with van der Waals surface area (Å²) in [6.07, 6.45) is 5.36. The van der Waals surface area contributed by atoms with Crippen molar-refractivity contribution in [2.24, 2.45) is 22.6 Å². The molecule has 0 spiro atoms. The quantitative estimate of drug-likeness (QED) is 0.444. The van der Waals surface area contributed by atoms with Gasteiger partial charge in [-0.3, -0.25) is 4.99 Å². The zero-order valence-corrected chi connectivity index (χ0v) is 14.1. The fraction of sp³-hybridized carbons (Fsp3) is 0.923. The van der Waals surface area contributed by atoms with Crippen molar-refractivity contribution >= 4 is 29.9 Å². The Bertz CT molecular complexity index is 248. The van der Waals surface area contributed by atoms with Gasteiger partial charge in [0, 0.05) is 19.7 Å². The molecule has 3 N–H and O–H groups in total. The van der Waals surface area contributed by atoms with Gasteiger partial charge in [-0.2, -0.15) is 0 Å². The van der Waals surface area contributed by atoms with E-state index < -0.39 is 0 Å². The first kappa shape index (κ1) is 18.0. The molecule has 0 radical (unpaired) electrons. The molecule has 1 rings (SSSR count). The highest BCUT2D eigenvalue weighted by Gasteiger charge is 2.20. The van der Waals surface area contributed by atoms with Gasteiger partial charge in [-0.05, 0) is 25.2 Å². The highest BCUT2D eigenvalue weighted by atomic mass is 127. The normalized spacial score (nSPS) is 26.3. The Labute approximate surface area is 128 Å². The molecule has 0 aliphatic heterocycles. The maximum absolute atomic E-state index is 5.85. The van der Waals surface area contributed by atoms with E-state index in [2.05, 4.69) is 17.2 Å². The lowest BCUT2D eigenvalue weighted by Gasteiger charge is -2.27. The fourth-order valence-corrected chi connectivity index (χ4v) is 2.47. The maximum Gasteiger partial charge on any atom is 0.188 e. The Morgan fingerprint density at radius 1 is 1.44 bits per heavy atom. The van der Waals surface area contributed by atoms with Crippen molar-refractivity contribution in [1.82, 2.24) is 5.32 Å². The molecule has 4 nitrogen and oxygen atoms in total. The maximum atomic E-state index is 5.85. The minimum Gasteiger partial charge on any atom is -0.383 e. The average Bonchev–Trinajstić information content (AvgIpc) is 2.28. The van der Waals surface area contributed by atoms with Gasteiger partial charge in [0.1, 0.15) is 0 Å². The van der Waals surface area contributed by atoms with Crippen molar-refractivity contribution < 1.29 is 4.74 Å². The van der Waals surface area contributed by atoms with E-state index in [-0.39, 0.29) is 30.0 Å². The molecular weight excluding hydrogens is 341 g/mol. The van der Waals surface area contributed by atoms with Crippen molar-refractivity contribution in [1.29, 1.82) is 0 Å². The van der Waals surface area contributed by atoms with Gasteiger partial charge in [-0.15, -0.1) is 24.0 Å². The second-order valence-corrected chi connectivity index (χ2v) is 5.25. The minimum absolute atomic E-state index is 0. The van der Waals surface area contributed by atoms with Crippen molar-refractivity contribution in [3.05, 3.63) is 0 Å². The number of halogens is 1. The number of rotatable bonds is 5. The summed E-state index contributed by atoms with van der Waals surface area (Å²) >= 11 is 0. The van der Waals surface area contributed by atoms with Crippen LogP contribution in [0.1, 0.15) is 39.5 Å². The number of guanidine groups is 1. The molecule has 3 unspecified atom stereocenters. The molecule has 0 aromatic heterocycles. The number of nitrogens with two attached hydrogens (primary N) is 1. The lowest BCUT2D eigenvalue weighted by atomic mass is 9.80. The third kappa shape index (κ3) is 6.78. The predicted octanol–water partition coefficient (Wildman–Crippen LogP) is 2.37. The third-order valence-corrected chi connectivity index (χ3v) is 3.60. The van der Waals surface area contributed by atoms with Gasteiger partial charge in [-0.1, -0.05) is 26.2 Å². The van der Waals surface area contributed by atoms with Crippen molar-refractivity contribution in [3.8, 4) is 0 Å². The highest BCUT2D eigenvalue weighted by Crippen LogP contribution is 2.29. The number of nitrogens with one attached hydrogen (secondary N) is 1. The Morgan fingerprint density at radius 3 is 2.72 bits per heavy atom. The summed E-state index contributed by atoms with van der Waals surface area (Å²) in [5, 5.41) is 3.14. The van der Waals surface area contributed by atoms with Crippen LogP contribution in [0.15, 0.2) is 4.99 Å². The number of aliphatic imine (C=N–C) groups is 1. The first-order chi connectivity index (χ1) is 8.13. The molecule has 0 saturated heterocycles. The summed E-state index contributed by atoms with van der Waals surface area (Å²) in [7, 11) is 1.69. The van der Waals surface area contributed by atoms with Gasteiger partial charge in [0.25, 0.3) is 0 Å². The van der Waals surface area contributed by atoms with Gasteiger partial charge in [0.15, 0.2) is 5.96 Å². The summed E-state index contributed by atoms with van der Waals surface area (Å²) in [6.45, 7) is 5.88. The van der Waals surface area contributed by atoms with E-state index in [1.807, 2.05) is 6.92 Å². The van der Waals surface area contributed by atoms with Crippen LogP contribution in [0.4, 0.5) is 0 Å². The molecule has 1 aliphatic carbocycles. The number of hydrogen-bond donors (Lipinski definition) is 2. The van der Waals surface area contributed by atoms with E-state index in [9.17, 15) is 0 Å². The lowest BCUT2D eigenvalue weighted by molar-refractivity contribution is 0.179. The SMILES string of the molecule is COCC(C)NC(N)=NCC1CCCCC1C.I. The molecule has 0 aromatic carbocycles. The van der Waals surface area contributed by atoms with Crippen LogP contribution in [0.2, 0.25) is 0 Å². The molecule has 0 bridgehead atoms. The number of nitrogens with zero attached hydrogens (tertiary/aromatic N) is 1. The van der Waals surface area contributed by atoms with Crippen LogP contribution in [-0.2, 0) is 4.74 Å². The van der Waals surface area contributed by atoms with E-state index in [0.29, 0.717) is 18.5 Å². The predicted molar refractivity (Wildman–Crippen MR) is 87.5 cm³/mol. The van der Waals surface area contributed by atoms with Crippen molar-refractivity contribution in [2.75, 3.05) is 20.3 Å². The standard InChI is InChI=1S/C13H27N3O.HI/c1-10-6-4-5-7-12(10)8-15-13(14)16-11(2)9-17-3;/h10-12H,4-9H2,1-3H3,(H3,14,15,16);1H. The van der Waals surface area contributed by atoms with E-state index in [1.165, 1.54) is 25.7 Å². The summed E-state index contributed by atoms with van der Waals surface area (Å²) in [6, 6.07) is 0.215. The monoisotopic (exact) mass is 369 g/mol. The zero-order chi connectivity index (χ0) is 12.7. The summed E-state index contributed by atoms with van der Waals surface area (Å²) in [5.74, 6) is 2.05. The zero-order valence-electron chi connectivity index (χ0n) is 11.8. The van der Waals surface area contributed by atoms with Crippen LogP contribution in [0.3, 0.4) is 0 Å². The van der Waals surface area contributed by atoms with E-state index >= 15 is 0 Å². The van der Waals surface area contributed by atoms with Crippen molar-refractivity contribution in [3.63, 3.8) is 0 Å². The molecule has 3 atom stereocenters. The molecule has 0 amide bonds. The molecule has 108 valence electrons. The molecule has 1 saturated carbocycles. The fourth-order valence-electron chi connectivity index (χ4n) is 2.47. The van der Waals surface area contributed by atoms with Gasteiger partial charge in [0.05, 0.1) is 6.61 Å². The van der Waals surface area contributed by atoms with Crippen LogP contribution < -0.4 is 11.1 Å². The molecular formula is C13H28IN3O. The summed E-state index contributed by atoms with van der Waals surface area (Å²) in [5.41, 5.74) is 5.85. The molecule has 1 aliphatic rings. The van der Waals surface area contributed by atoms with Crippen LogP contribution in [0.5, 0.6) is 0 Å². The van der Waals surface area contributed by atoms with Gasteiger partial charge < -0.3 is 15.8 Å². The van der Waals surface area contributed by atoms with E-state index in [1.54, 1.807) is 7.11 Å². The Kier molecular flexibility index (Phi) is 9.81. The van der Waals surface area contributed by atoms with Crippen LogP contribution in [-0.4, -0.2) is 32.3 Å². The van der Waals surface area contributed by atoms with Crippen LogP contribution in [0.25, 0.3) is 0 Å². The molecule has 0 aromatic rings. The largest absolute Gasteiger partial charge is 0.383 e. The Balaban J connectivity index is 0.00000289. The van der Waals surface area contributed by atoms with Gasteiger partial charge >= 0.3 is 0 Å². The topological polar surface area (TPSA) is 59.6 Å². The highest BCUT2D eigenvalue weighted by molar-refractivity contribution is 14.0. The van der Waals surface area contributed by atoms with Gasteiger partial charge in [-0.25, -0.2) is 0 Å². The molecule has 5 heteroatoms.